The van der Waals surface area contributed by atoms with Crippen molar-refractivity contribution in [1.82, 2.24) is 10.6 Å². The molecule has 0 unspecified atom stereocenters. The zero-order valence-corrected chi connectivity index (χ0v) is 16.2. The third kappa shape index (κ3) is 6.92. The molecule has 1 heterocycles. The molecule has 5 heteroatoms. The molecule has 0 spiro atoms. The lowest BCUT2D eigenvalue weighted by molar-refractivity contribution is 0.0446. The molecule has 0 saturated heterocycles. The van der Waals surface area contributed by atoms with E-state index in [1.807, 2.05) is 32.1 Å². The number of nitrogens with one attached hydrogen (secondary N) is 2. The van der Waals surface area contributed by atoms with E-state index >= 15 is 0 Å². The Morgan fingerprint density at radius 2 is 1.74 bits per heavy atom. The van der Waals surface area contributed by atoms with Crippen LogP contribution in [0.25, 0.3) is 0 Å². The Bertz CT molecular complexity index is 487. The van der Waals surface area contributed by atoms with Gasteiger partial charge in [0.15, 0.2) is 0 Å². The summed E-state index contributed by atoms with van der Waals surface area (Å²) in [5.74, 6) is 0. The maximum Gasteiger partial charge on any atom is 0.408 e. The fraction of sp³-hybridized carbons (Fsp3) is 0.722. The summed E-state index contributed by atoms with van der Waals surface area (Å²) in [5.41, 5.74) is -0.745. The van der Waals surface area contributed by atoms with Crippen LogP contribution >= 0.6 is 11.3 Å². The van der Waals surface area contributed by atoms with E-state index in [4.69, 9.17) is 4.74 Å². The fourth-order valence-corrected chi connectivity index (χ4v) is 3.30. The van der Waals surface area contributed by atoms with Gasteiger partial charge in [0.25, 0.3) is 0 Å². The van der Waals surface area contributed by atoms with E-state index in [1.165, 1.54) is 9.75 Å². The highest BCUT2D eigenvalue weighted by molar-refractivity contribution is 7.11. The van der Waals surface area contributed by atoms with Crippen LogP contribution in [-0.4, -0.2) is 23.8 Å². The van der Waals surface area contributed by atoms with Crippen LogP contribution in [0, 0.1) is 0 Å². The number of amides is 1. The minimum Gasteiger partial charge on any atom is -0.444 e. The van der Waals surface area contributed by atoms with Crippen LogP contribution in [0.1, 0.15) is 64.1 Å². The maximum absolute atomic E-state index is 12.1. The minimum absolute atomic E-state index is 0.271. The average molecular weight is 341 g/mol. The second-order valence-electron chi connectivity index (χ2n) is 6.94. The molecule has 0 aliphatic heterocycles. The number of thiophene rings is 1. The van der Waals surface area contributed by atoms with Gasteiger partial charge in [-0.2, -0.15) is 0 Å². The molecule has 1 rings (SSSR count). The van der Waals surface area contributed by atoms with Crippen molar-refractivity contribution < 1.29 is 9.53 Å². The van der Waals surface area contributed by atoms with Crippen LogP contribution in [-0.2, 0) is 17.7 Å². The van der Waals surface area contributed by atoms with Gasteiger partial charge in [0, 0.05) is 22.8 Å². The summed E-state index contributed by atoms with van der Waals surface area (Å²) in [6.07, 6.45) is 2.46. The molecular weight excluding hydrogens is 308 g/mol. The number of hydrogen-bond acceptors (Lipinski definition) is 4. The molecule has 0 aliphatic carbocycles. The monoisotopic (exact) mass is 340 g/mol. The van der Waals surface area contributed by atoms with Gasteiger partial charge in [-0.1, -0.05) is 20.8 Å². The zero-order chi connectivity index (χ0) is 17.5. The number of aryl methyl sites for hydroxylation is 1. The molecule has 1 amide bonds. The van der Waals surface area contributed by atoms with Crippen molar-refractivity contribution in [3.8, 4) is 0 Å². The summed E-state index contributed by atoms with van der Waals surface area (Å²) in [4.78, 5) is 14.9. The Labute approximate surface area is 145 Å². The molecule has 0 bridgehead atoms. The highest BCUT2D eigenvalue weighted by Gasteiger charge is 2.30. The molecule has 132 valence electrons. The molecular formula is C18H32N2O2S. The first kappa shape index (κ1) is 20.0. The van der Waals surface area contributed by atoms with Crippen LogP contribution in [0.15, 0.2) is 12.1 Å². The van der Waals surface area contributed by atoms with E-state index in [0.29, 0.717) is 0 Å². The number of hydrogen-bond donors (Lipinski definition) is 2. The Morgan fingerprint density at radius 1 is 1.13 bits per heavy atom. The van der Waals surface area contributed by atoms with E-state index in [2.05, 4.69) is 43.5 Å². The van der Waals surface area contributed by atoms with Crippen molar-refractivity contribution in [3.05, 3.63) is 21.9 Å². The van der Waals surface area contributed by atoms with Crippen LogP contribution in [0.3, 0.4) is 0 Å². The third-order valence-electron chi connectivity index (χ3n) is 3.95. The topological polar surface area (TPSA) is 50.4 Å². The van der Waals surface area contributed by atoms with Crippen molar-refractivity contribution in [1.29, 1.82) is 0 Å². The molecule has 0 atom stereocenters. The SMILES string of the molecule is CCc1ccc(CNCC(CC)(CC)NC(=O)OC(C)(C)C)s1. The number of alkyl carbamates (subject to hydrolysis) is 1. The van der Waals surface area contributed by atoms with Crippen LogP contribution < -0.4 is 10.6 Å². The first-order valence-electron chi connectivity index (χ1n) is 8.53. The zero-order valence-electron chi connectivity index (χ0n) is 15.4. The smallest absolute Gasteiger partial charge is 0.408 e. The van der Waals surface area contributed by atoms with Gasteiger partial charge in [-0.25, -0.2) is 4.79 Å². The molecule has 1 aromatic heterocycles. The van der Waals surface area contributed by atoms with Crippen LogP contribution in [0.2, 0.25) is 0 Å². The van der Waals surface area contributed by atoms with Crippen molar-refractivity contribution in [2.75, 3.05) is 6.54 Å². The first-order valence-corrected chi connectivity index (χ1v) is 9.34. The van der Waals surface area contributed by atoms with Crippen LogP contribution in [0.5, 0.6) is 0 Å². The van der Waals surface area contributed by atoms with Crippen molar-refractivity contribution in [2.24, 2.45) is 0 Å². The quantitative estimate of drug-likeness (QED) is 0.733. The van der Waals surface area contributed by atoms with E-state index in [1.54, 1.807) is 0 Å². The summed E-state index contributed by atoms with van der Waals surface area (Å²) in [7, 11) is 0. The largest absolute Gasteiger partial charge is 0.444 e. The van der Waals surface area contributed by atoms with Gasteiger partial charge in [-0.15, -0.1) is 11.3 Å². The lowest BCUT2D eigenvalue weighted by atomic mass is 9.93. The van der Waals surface area contributed by atoms with E-state index in [0.717, 1.165) is 32.4 Å². The molecule has 0 radical (unpaired) electrons. The van der Waals surface area contributed by atoms with Crippen LogP contribution in [0.4, 0.5) is 4.79 Å². The fourth-order valence-electron chi connectivity index (χ4n) is 2.37. The first-order chi connectivity index (χ1) is 10.7. The van der Waals surface area contributed by atoms with E-state index < -0.39 is 5.60 Å². The summed E-state index contributed by atoms with van der Waals surface area (Å²) >= 11 is 1.85. The minimum atomic E-state index is -0.474. The Morgan fingerprint density at radius 3 is 2.22 bits per heavy atom. The summed E-state index contributed by atoms with van der Waals surface area (Å²) in [6.45, 7) is 13.6. The molecule has 0 fully saturated rings. The molecule has 4 nitrogen and oxygen atoms in total. The summed E-state index contributed by atoms with van der Waals surface area (Å²) < 4.78 is 5.40. The Balaban J connectivity index is 2.56. The van der Waals surface area contributed by atoms with Crippen molar-refractivity contribution in [3.63, 3.8) is 0 Å². The predicted octanol–water partition coefficient (Wildman–Crippen LogP) is 4.48. The second-order valence-corrected chi connectivity index (χ2v) is 8.19. The third-order valence-corrected chi connectivity index (χ3v) is 5.18. The number of carbonyl (C=O) groups is 1. The van der Waals surface area contributed by atoms with Crippen molar-refractivity contribution in [2.45, 2.75) is 78.5 Å². The highest BCUT2D eigenvalue weighted by atomic mass is 32.1. The van der Waals surface area contributed by atoms with Gasteiger partial charge < -0.3 is 15.4 Å². The van der Waals surface area contributed by atoms with Gasteiger partial charge in [-0.05, 0) is 52.2 Å². The van der Waals surface area contributed by atoms with Crippen molar-refractivity contribution >= 4 is 17.4 Å². The van der Waals surface area contributed by atoms with E-state index in [9.17, 15) is 4.79 Å². The maximum atomic E-state index is 12.1. The Hall–Kier alpha value is -1.07. The molecule has 1 aromatic rings. The number of ether oxygens (including phenoxy) is 1. The molecule has 0 aromatic carbocycles. The van der Waals surface area contributed by atoms with Gasteiger partial charge in [0.1, 0.15) is 5.60 Å². The predicted molar refractivity (Wildman–Crippen MR) is 98.1 cm³/mol. The normalized spacial score (nSPS) is 12.3. The lowest BCUT2D eigenvalue weighted by Gasteiger charge is -2.34. The van der Waals surface area contributed by atoms with Gasteiger partial charge in [0.2, 0.25) is 0 Å². The average Bonchev–Trinajstić information content (AvgIpc) is 2.92. The van der Waals surface area contributed by atoms with Gasteiger partial charge in [-0.3, -0.25) is 0 Å². The molecule has 0 saturated carbocycles. The number of carbonyl (C=O) groups excluding carboxylic acids is 1. The molecule has 2 N–H and O–H groups in total. The number of rotatable bonds is 8. The molecule has 23 heavy (non-hydrogen) atoms. The Kier molecular flexibility index (Phi) is 7.55. The van der Waals surface area contributed by atoms with Gasteiger partial charge >= 0.3 is 6.09 Å². The second kappa shape index (κ2) is 8.69. The highest BCUT2D eigenvalue weighted by Crippen LogP contribution is 2.19. The summed E-state index contributed by atoms with van der Waals surface area (Å²) in [5, 5.41) is 6.56. The van der Waals surface area contributed by atoms with Gasteiger partial charge in [0.05, 0.1) is 5.54 Å². The standard InChI is InChI=1S/C18H32N2O2S/c1-7-14-10-11-15(23-14)12-19-13-18(8-2,9-3)20-16(21)22-17(4,5)6/h10-11,19H,7-9,12-13H2,1-6H3,(H,20,21). The lowest BCUT2D eigenvalue weighted by Crippen LogP contribution is -2.55. The molecule has 0 aliphatic rings. The van der Waals surface area contributed by atoms with E-state index in [-0.39, 0.29) is 11.6 Å². The summed E-state index contributed by atoms with van der Waals surface area (Å²) in [6, 6.07) is 4.37.